The smallest absolute Gasteiger partial charge is 0.220 e. The molecule has 0 rings (SSSR count). The molecular weight excluding hydrogens is 200 g/mol. The van der Waals surface area contributed by atoms with Crippen molar-refractivity contribution in [3.63, 3.8) is 0 Å². The molecule has 0 bridgehead atoms. The van der Waals surface area contributed by atoms with Gasteiger partial charge < -0.3 is 11.1 Å². The fourth-order valence-electron chi connectivity index (χ4n) is 1.58. The van der Waals surface area contributed by atoms with E-state index in [9.17, 15) is 4.79 Å². The lowest BCUT2D eigenvalue weighted by molar-refractivity contribution is -0.121. The van der Waals surface area contributed by atoms with Gasteiger partial charge in [0, 0.05) is 18.5 Å². The van der Waals surface area contributed by atoms with Gasteiger partial charge in [0.2, 0.25) is 5.91 Å². The van der Waals surface area contributed by atoms with Gasteiger partial charge in [-0.3, -0.25) is 4.79 Å². The van der Waals surface area contributed by atoms with E-state index in [1.807, 2.05) is 0 Å². The van der Waals surface area contributed by atoms with Crippen LogP contribution < -0.4 is 11.1 Å². The highest BCUT2D eigenvalue weighted by atomic mass is 16.1. The second kappa shape index (κ2) is 8.57. The minimum absolute atomic E-state index is 0.146. The van der Waals surface area contributed by atoms with Crippen molar-refractivity contribution < 1.29 is 4.79 Å². The number of nitrogens with two attached hydrogens (primary N) is 1. The summed E-state index contributed by atoms with van der Waals surface area (Å²) in [5.74, 6) is 0.146. The lowest BCUT2D eigenvalue weighted by Gasteiger charge is -2.26. The van der Waals surface area contributed by atoms with E-state index in [1.165, 1.54) is 12.8 Å². The van der Waals surface area contributed by atoms with Crippen LogP contribution in [0.15, 0.2) is 0 Å². The fraction of sp³-hybridized carbons (Fsp3) is 0.923. The van der Waals surface area contributed by atoms with Crippen LogP contribution in [-0.4, -0.2) is 18.0 Å². The van der Waals surface area contributed by atoms with Crippen molar-refractivity contribution in [3.05, 3.63) is 0 Å². The topological polar surface area (TPSA) is 55.1 Å². The molecule has 0 aliphatic heterocycles. The zero-order chi connectivity index (χ0) is 12.4. The molecule has 0 fully saturated rings. The molecule has 0 aliphatic rings. The maximum atomic E-state index is 11.5. The molecular formula is C13H28N2O. The summed E-state index contributed by atoms with van der Waals surface area (Å²) >= 11 is 0. The summed E-state index contributed by atoms with van der Waals surface area (Å²) in [7, 11) is 0. The van der Waals surface area contributed by atoms with Crippen LogP contribution in [0.2, 0.25) is 0 Å². The van der Waals surface area contributed by atoms with Gasteiger partial charge in [-0.25, -0.2) is 0 Å². The molecule has 0 radical (unpaired) electrons. The van der Waals surface area contributed by atoms with Gasteiger partial charge in [-0.1, -0.05) is 40.0 Å². The average Bonchev–Trinajstić information content (AvgIpc) is 2.31. The molecule has 3 heteroatoms. The summed E-state index contributed by atoms with van der Waals surface area (Å²) < 4.78 is 0. The molecule has 0 aromatic rings. The van der Waals surface area contributed by atoms with Crippen molar-refractivity contribution in [1.82, 2.24) is 5.32 Å². The molecule has 0 spiro atoms. The van der Waals surface area contributed by atoms with Crippen LogP contribution in [0.1, 0.15) is 65.7 Å². The molecule has 0 saturated heterocycles. The van der Waals surface area contributed by atoms with Gasteiger partial charge in [0.15, 0.2) is 0 Å². The first-order valence-corrected chi connectivity index (χ1v) is 6.63. The van der Waals surface area contributed by atoms with Gasteiger partial charge in [-0.05, 0) is 19.3 Å². The minimum Gasteiger partial charge on any atom is -0.354 e. The Labute approximate surface area is 100 Å². The van der Waals surface area contributed by atoms with E-state index >= 15 is 0 Å². The molecule has 3 N–H and O–H groups in total. The maximum Gasteiger partial charge on any atom is 0.220 e. The summed E-state index contributed by atoms with van der Waals surface area (Å²) in [5.41, 5.74) is 5.88. The first-order valence-electron chi connectivity index (χ1n) is 6.63. The monoisotopic (exact) mass is 228 g/mol. The summed E-state index contributed by atoms with van der Waals surface area (Å²) in [5, 5.41) is 2.94. The Morgan fingerprint density at radius 1 is 1.12 bits per heavy atom. The summed E-state index contributed by atoms with van der Waals surface area (Å²) in [6.45, 7) is 6.91. The van der Waals surface area contributed by atoms with Crippen molar-refractivity contribution in [1.29, 1.82) is 0 Å². The van der Waals surface area contributed by atoms with E-state index in [0.717, 1.165) is 25.7 Å². The second-order valence-electron chi connectivity index (χ2n) is 4.66. The molecule has 0 atom stereocenters. The number of carbonyl (C=O) groups is 1. The Morgan fingerprint density at radius 2 is 1.75 bits per heavy atom. The van der Waals surface area contributed by atoms with Crippen molar-refractivity contribution in [3.8, 4) is 0 Å². The van der Waals surface area contributed by atoms with E-state index < -0.39 is 0 Å². The summed E-state index contributed by atoms with van der Waals surface area (Å²) in [4.78, 5) is 11.5. The zero-order valence-corrected chi connectivity index (χ0v) is 11.1. The lowest BCUT2D eigenvalue weighted by Crippen LogP contribution is -2.49. The molecule has 16 heavy (non-hydrogen) atoms. The predicted octanol–water partition coefficient (Wildman–Crippen LogP) is 2.59. The van der Waals surface area contributed by atoms with Crippen LogP contribution in [0, 0.1) is 0 Å². The van der Waals surface area contributed by atoms with Gasteiger partial charge in [0.05, 0.1) is 0 Å². The van der Waals surface area contributed by atoms with Gasteiger partial charge >= 0.3 is 0 Å². The quantitative estimate of drug-likeness (QED) is 0.596. The Bertz CT molecular complexity index is 188. The van der Waals surface area contributed by atoms with Crippen molar-refractivity contribution in [2.75, 3.05) is 6.54 Å². The Hall–Kier alpha value is -0.570. The van der Waals surface area contributed by atoms with Gasteiger partial charge in [0.1, 0.15) is 0 Å². The highest BCUT2D eigenvalue weighted by Crippen LogP contribution is 2.09. The van der Waals surface area contributed by atoms with E-state index in [1.54, 1.807) is 0 Å². The SMILES string of the molecule is CCCCCCC(=O)NCC(N)(CC)CC. The number of amides is 1. The zero-order valence-electron chi connectivity index (χ0n) is 11.1. The maximum absolute atomic E-state index is 11.5. The van der Waals surface area contributed by atoms with Crippen molar-refractivity contribution in [2.45, 2.75) is 71.3 Å². The normalized spacial score (nSPS) is 11.5. The highest BCUT2D eigenvalue weighted by Gasteiger charge is 2.20. The number of carbonyl (C=O) groups excluding carboxylic acids is 1. The predicted molar refractivity (Wildman–Crippen MR) is 69.3 cm³/mol. The molecule has 0 heterocycles. The Balaban J connectivity index is 3.64. The number of unbranched alkanes of at least 4 members (excludes halogenated alkanes) is 3. The highest BCUT2D eigenvalue weighted by molar-refractivity contribution is 5.75. The minimum atomic E-state index is -0.223. The van der Waals surface area contributed by atoms with Crippen molar-refractivity contribution in [2.24, 2.45) is 5.73 Å². The molecule has 0 aromatic heterocycles. The first-order chi connectivity index (χ1) is 7.58. The van der Waals surface area contributed by atoms with Crippen LogP contribution in [0.4, 0.5) is 0 Å². The third kappa shape index (κ3) is 6.83. The van der Waals surface area contributed by atoms with Gasteiger partial charge in [-0.15, -0.1) is 0 Å². The Kier molecular flexibility index (Phi) is 8.26. The molecule has 0 saturated carbocycles. The number of rotatable bonds is 9. The van der Waals surface area contributed by atoms with Gasteiger partial charge in [-0.2, -0.15) is 0 Å². The standard InChI is InChI=1S/C13H28N2O/c1-4-7-8-9-10-12(16)15-11-13(14,5-2)6-3/h4-11,14H2,1-3H3,(H,15,16). The molecule has 0 aliphatic carbocycles. The van der Waals surface area contributed by atoms with Crippen molar-refractivity contribution >= 4 is 5.91 Å². The number of hydrogen-bond acceptors (Lipinski definition) is 2. The Morgan fingerprint density at radius 3 is 2.25 bits per heavy atom. The number of nitrogens with one attached hydrogen (secondary N) is 1. The van der Waals surface area contributed by atoms with Crippen LogP contribution >= 0.6 is 0 Å². The molecule has 0 unspecified atom stereocenters. The van der Waals surface area contributed by atoms with Crippen LogP contribution in [-0.2, 0) is 4.79 Å². The van der Waals surface area contributed by atoms with E-state index in [-0.39, 0.29) is 11.4 Å². The molecule has 0 aromatic carbocycles. The van der Waals surface area contributed by atoms with Crippen LogP contribution in [0.5, 0.6) is 0 Å². The largest absolute Gasteiger partial charge is 0.354 e. The molecule has 96 valence electrons. The average molecular weight is 228 g/mol. The second-order valence-corrected chi connectivity index (χ2v) is 4.66. The fourth-order valence-corrected chi connectivity index (χ4v) is 1.58. The molecule has 3 nitrogen and oxygen atoms in total. The molecule has 1 amide bonds. The van der Waals surface area contributed by atoms with E-state index in [2.05, 4.69) is 26.1 Å². The summed E-state index contributed by atoms with van der Waals surface area (Å²) in [6.07, 6.45) is 7.02. The van der Waals surface area contributed by atoms with Gasteiger partial charge in [0.25, 0.3) is 0 Å². The lowest BCUT2D eigenvalue weighted by atomic mass is 9.94. The third-order valence-electron chi connectivity index (χ3n) is 3.30. The van der Waals surface area contributed by atoms with E-state index in [0.29, 0.717) is 13.0 Å². The first kappa shape index (κ1) is 15.4. The third-order valence-corrected chi connectivity index (χ3v) is 3.30. The number of hydrogen-bond donors (Lipinski definition) is 2. The van der Waals surface area contributed by atoms with Crippen LogP contribution in [0.25, 0.3) is 0 Å². The van der Waals surface area contributed by atoms with E-state index in [4.69, 9.17) is 5.73 Å². The van der Waals surface area contributed by atoms with Crippen LogP contribution in [0.3, 0.4) is 0 Å². The summed E-state index contributed by atoms with van der Waals surface area (Å²) in [6, 6.07) is 0.